The minimum Gasteiger partial charge on any atom is -0.427 e. The Bertz CT molecular complexity index is 478. The highest BCUT2D eigenvalue weighted by Crippen LogP contribution is 2.38. The molecule has 1 aromatic rings. The third kappa shape index (κ3) is 2.96. The SMILES string of the molecule is CC(=O)c1ccc(OC(F)F)c([N+](=O)[O-])c1Br. The van der Waals surface area contributed by atoms with E-state index in [9.17, 15) is 23.7 Å². The summed E-state index contributed by atoms with van der Waals surface area (Å²) in [5.74, 6) is -1.02. The second-order valence-electron chi connectivity index (χ2n) is 2.97. The molecule has 0 saturated heterocycles. The number of nitro groups is 1. The van der Waals surface area contributed by atoms with Crippen molar-refractivity contribution in [2.24, 2.45) is 0 Å². The summed E-state index contributed by atoms with van der Waals surface area (Å²) >= 11 is 2.84. The van der Waals surface area contributed by atoms with Gasteiger partial charge in [0, 0.05) is 5.56 Å². The van der Waals surface area contributed by atoms with E-state index in [-0.39, 0.29) is 10.0 Å². The summed E-state index contributed by atoms with van der Waals surface area (Å²) in [6, 6.07) is 2.14. The number of nitro benzene ring substituents is 1. The van der Waals surface area contributed by atoms with E-state index in [2.05, 4.69) is 20.7 Å². The molecule has 0 aromatic heterocycles. The summed E-state index contributed by atoms with van der Waals surface area (Å²) in [5.41, 5.74) is -0.670. The molecular weight excluding hydrogens is 304 g/mol. The number of alkyl halides is 2. The number of Topliss-reactive ketones (excluding diaryl/α,β-unsaturated/α-hetero) is 1. The molecule has 0 spiro atoms. The second-order valence-corrected chi connectivity index (χ2v) is 3.76. The minimum atomic E-state index is -3.18. The highest BCUT2D eigenvalue weighted by molar-refractivity contribution is 9.10. The van der Waals surface area contributed by atoms with Crippen LogP contribution in [0.25, 0.3) is 0 Å². The normalized spacial score (nSPS) is 10.4. The number of nitrogens with zero attached hydrogens (tertiary/aromatic N) is 1. The van der Waals surface area contributed by atoms with Gasteiger partial charge in [-0.3, -0.25) is 14.9 Å². The maximum absolute atomic E-state index is 12.0. The summed E-state index contributed by atoms with van der Waals surface area (Å²) in [6.45, 7) is -1.97. The van der Waals surface area contributed by atoms with Crippen molar-refractivity contribution in [2.75, 3.05) is 0 Å². The van der Waals surface area contributed by atoms with Crippen LogP contribution in [0.5, 0.6) is 5.75 Å². The van der Waals surface area contributed by atoms with E-state index in [1.165, 1.54) is 13.0 Å². The third-order valence-corrected chi connectivity index (χ3v) is 2.66. The predicted molar refractivity (Wildman–Crippen MR) is 57.4 cm³/mol. The second kappa shape index (κ2) is 5.17. The third-order valence-electron chi connectivity index (χ3n) is 1.86. The van der Waals surface area contributed by atoms with Gasteiger partial charge in [-0.25, -0.2) is 0 Å². The first-order chi connectivity index (χ1) is 7.84. The molecule has 17 heavy (non-hydrogen) atoms. The zero-order valence-electron chi connectivity index (χ0n) is 8.45. The standard InChI is InChI=1S/C9H6BrF2NO4/c1-4(14)5-2-3-6(17-9(11)12)8(7(5)10)13(15)16/h2-3,9H,1H3. The van der Waals surface area contributed by atoms with Crippen LogP contribution in [0, 0.1) is 10.1 Å². The molecule has 0 heterocycles. The van der Waals surface area contributed by atoms with Gasteiger partial charge in [-0.2, -0.15) is 8.78 Å². The van der Waals surface area contributed by atoms with Crippen LogP contribution in [0.3, 0.4) is 0 Å². The molecule has 5 nitrogen and oxygen atoms in total. The van der Waals surface area contributed by atoms with Crippen LogP contribution in [-0.2, 0) is 0 Å². The molecule has 0 unspecified atom stereocenters. The summed E-state index contributed by atoms with van der Waals surface area (Å²) in [6.07, 6.45) is 0. The quantitative estimate of drug-likeness (QED) is 0.486. The average Bonchev–Trinajstić information content (AvgIpc) is 2.15. The van der Waals surface area contributed by atoms with Crippen LogP contribution in [0.2, 0.25) is 0 Å². The Hall–Kier alpha value is -1.57. The number of hydrogen-bond donors (Lipinski definition) is 0. The van der Waals surface area contributed by atoms with Gasteiger partial charge in [-0.05, 0) is 35.0 Å². The first-order valence-corrected chi connectivity index (χ1v) is 5.06. The van der Waals surface area contributed by atoms with Gasteiger partial charge in [0.25, 0.3) is 0 Å². The lowest BCUT2D eigenvalue weighted by Gasteiger charge is -2.08. The molecule has 8 heteroatoms. The number of ketones is 1. The Morgan fingerprint density at radius 3 is 2.53 bits per heavy atom. The van der Waals surface area contributed by atoms with Crippen molar-refractivity contribution < 1.29 is 23.2 Å². The smallest absolute Gasteiger partial charge is 0.387 e. The van der Waals surface area contributed by atoms with Crippen LogP contribution in [-0.4, -0.2) is 17.3 Å². The molecule has 1 rings (SSSR count). The van der Waals surface area contributed by atoms with Gasteiger partial charge in [0.05, 0.1) is 4.92 Å². The van der Waals surface area contributed by atoms with Crippen molar-refractivity contribution in [1.82, 2.24) is 0 Å². The molecule has 0 aliphatic carbocycles. The minimum absolute atomic E-state index is 0.0262. The zero-order valence-corrected chi connectivity index (χ0v) is 10.0. The number of carbonyl (C=O) groups excluding carboxylic acids is 1. The van der Waals surface area contributed by atoms with Crippen molar-refractivity contribution in [2.45, 2.75) is 13.5 Å². The topological polar surface area (TPSA) is 69.4 Å². The van der Waals surface area contributed by atoms with Crippen molar-refractivity contribution >= 4 is 27.4 Å². The van der Waals surface area contributed by atoms with Crippen molar-refractivity contribution in [1.29, 1.82) is 0 Å². The number of benzene rings is 1. The fraction of sp³-hybridized carbons (Fsp3) is 0.222. The van der Waals surface area contributed by atoms with Crippen LogP contribution in [0.15, 0.2) is 16.6 Å². The summed E-state index contributed by atoms with van der Waals surface area (Å²) in [7, 11) is 0. The van der Waals surface area contributed by atoms with E-state index in [1.807, 2.05) is 0 Å². The van der Waals surface area contributed by atoms with Crippen molar-refractivity contribution in [3.05, 3.63) is 32.3 Å². The van der Waals surface area contributed by atoms with Crippen LogP contribution >= 0.6 is 15.9 Å². The Kier molecular flexibility index (Phi) is 4.11. The molecule has 0 saturated carbocycles. The molecule has 0 bridgehead atoms. The molecule has 92 valence electrons. The number of hydrogen-bond acceptors (Lipinski definition) is 4. The molecule has 0 radical (unpaired) electrons. The summed E-state index contributed by atoms with van der Waals surface area (Å²) in [5, 5.41) is 10.7. The molecule has 0 N–H and O–H groups in total. The van der Waals surface area contributed by atoms with Crippen LogP contribution in [0.4, 0.5) is 14.5 Å². The lowest BCUT2D eigenvalue weighted by atomic mass is 10.1. The van der Waals surface area contributed by atoms with Crippen molar-refractivity contribution in [3.63, 3.8) is 0 Å². The van der Waals surface area contributed by atoms with E-state index in [0.29, 0.717) is 0 Å². The lowest BCUT2D eigenvalue weighted by Crippen LogP contribution is -2.06. The van der Waals surface area contributed by atoms with E-state index < -0.39 is 28.8 Å². The highest BCUT2D eigenvalue weighted by atomic mass is 79.9. The van der Waals surface area contributed by atoms with Gasteiger partial charge in [-0.1, -0.05) is 0 Å². The van der Waals surface area contributed by atoms with Crippen LogP contribution < -0.4 is 4.74 Å². The Morgan fingerprint density at radius 1 is 1.53 bits per heavy atom. The van der Waals surface area contributed by atoms with E-state index >= 15 is 0 Å². The summed E-state index contributed by atoms with van der Waals surface area (Å²) < 4.78 is 27.9. The van der Waals surface area contributed by atoms with E-state index in [0.717, 1.165) is 6.07 Å². The zero-order chi connectivity index (χ0) is 13.2. The van der Waals surface area contributed by atoms with Gasteiger partial charge >= 0.3 is 12.3 Å². The molecule has 1 aromatic carbocycles. The number of rotatable bonds is 4. The number of ether oxygens (including phenoxy) is 1. The highest BCUT2D eigenvalue weighted by Gasteiger charge is 2.26. The first-order valence-electron chi connectivity index (χ1n) is 4.27. The molecule has 0 amide bonds. The Labute approximate surface area is 103 Å². The average molecular weight is 310 g/mol. The maximum atomic E-state index is 12.0. The van der Waals surface area contributed by atoms with Gasteiger partial charge in [-0.15, -0.1) is 0 Å². The first kappa shape index (κ1) is 13.5. The fourth-order valence-corrected chi connectivity index (χ4v) is 1.93. The fourth-order valence-electron chi connectivity index (χ4n) is 1.18. The molecule has 0 aliphatic rings. The van der Waals surface area contributed by atoms with Crippen LogP contribution in [0.1, 0.15) is 17.3 Å². The predicted octanol–water partition coefficient (Wildman–Crippen LogP) is 3.16. The summed E-state index contributed by atoms with van der Waals surface area (Å²) in [4.78, 5) is 21.0. The Morgan fingerprint density at radius 2 is 2.12 bits per heavy atom. The largest absolute Gasteiger partial charge is 0.427 e. The monoisotopic (exact) mass is 309 g/mol. The molecule has 0 atom stereocenters. The van der Waals surface area contributed by atoms with Gasteiger partial charge < -0.3 is 4.74 Å². The van der Waals surface area contributed by atoms with Gasteiger partial charge in [0.15, 0.2) is 5.78 Å². The number of carbonyl (C=O) groups is 1. The Balaban J connectivity index is 3.39. The van der Waals surface area contributed by atoms with Gasteiger partial charge in [0.1, 0.15) is 4.47 Å². The van der Waals surface area contributed by atoms with E-state index in [1.54, 1.807) is 0 Å². The van der Waals surface area contributed by atoms with Gasteiger partial charge in [0.2, 0.25) is 5.75 Å². The maximum Gasteiger partial charge on any atom is 0.387 e. The number of halogens is 3. The molecule has 0 fully saturated rings. The molecule has 0 aliphatic heterocycles. The lowest BCUT2D eigenvalue weighted by molar-refractivity contribution is -0.387. The van der Waals surface area contributed by atoms with E-state index in [4.69, 9.17) is 0 Å². The van der Waals surface area contributed by atoms with Crippen molar-refractivity contribution in [3.8, 4) is 5.75 Å². The molecular formula is C9H6BrF2NO4.